The lowest BCUT2D eigenvalue weighted by Gasteiger charge is -2.33. The highest BCUT2D eigenvalue weighted by molar-refractivity contribution is 6.30. The molecule has 3 nitrogen and oxygen atoms in total. The van der Waals surface area contributed by atoms with Crippen molar-refractivity contribution in [1.82, 2.24) is 10.2 Å². The van der Waals surface area contributed by atoms with Crippen molar-refractivity contribution in [1.29, 1.82) is 0 Å². The molecule has 2 rings (SSSR count). The first-order valence-corrected chi connectivity index (χ1v) is 7.20. The molecule has 0 aromatic heterocycles. The van der Waals surface area contributed by atoms with Crippen molar-refractivity contribution in [3.63, 3.8) is 0 Å². The molecule has 1 N–H and O–H groups in total. The van der Waals surface area contributed by atoms with Crippen molar-refractivity contribution in [2.45, 2.75) is 38.6 Å². The van der Waals surface area contributed by atoms with Gasteiger partial charge < -0.3 is 10.2 Å². The first-order chi connectivity index (χ1) is 8.99. The van der Waals surface area contributed by atoms with Gasteiger partial charge in [-0.1, -0.05) is 23.7 Å². The monoisotopic (exact) mass is 280 g/mol. The lowest BCUT2D eigenvalue weighted by molar-refractivity contribution is 0.176. The maximum absolute atomic E-state index is 12.2. The van der Waals surface area contributed by atoms with Gasteiger partial charge in [0.05, 0.1) is 5.54 Å². The molecule has 104 valence electrons. The van der Waals surface area contributed by atoms with Gasteiger partial charge in [-0.3, -0.25) is 0 Å². The van der Waals surface area contributed by atoms with Gasteiger partial charge in [0, 0.05) is 18.1 Å². The SMILES string of the molecule is CC(C)(NC(=O)N1CCCCC1)c1ccc(Cl)cc1. The van der Waals surface area contributed by atoms with E-state index < -0.39 is 0 Å². The first-order valence-electron chi connectivity index (χ1n) is 6.82. The first kappa shape index (κ1) is 14.2. The van der Waals surface area contributed by atoms with Crippen molar-refractivity contribution >= 4 is 17.6 Å². The summed E-state index contributed by atoms with van der Waals surface area (Å²) in [5.74, 6) is 0. The van der Waals surface area contributed by atoms with E-state index in [1.54, 1.807) is 0 Å². The Labute approximate surface area is 119 Å². The zero-order valence-corrected chi connectivity index (χ0v) is 12.3. The van der Waals surface area contributed by atoms with Crippen LogP contribution in [0.15, 0.2) is 24.3 Å². The van der Waals surface area contributed by atoms with Crippen LogP contribution in [0.1, 0.15) is 38.7 Å². The Kier molecular flexibility index (Phi) is 4.35. The molecule has 0 saturated carbocycles. The highest BCUT2D eigenvalue weighted by Crippen LogP contribution is 2.22. The maximum Gasteiger partial charge on any atom is 0.318 e. The van der Waals surface area contributed by atoms with Crippen LogP contribution in [-0.2, 0) is 5.54 Å². The third-order valence-electron chi connectivity index (χ3n) is 3.63. The summed E-state index contributed by atoms with van der Waals surface area (Å²) in [6.45, 7) is 5.75. The number of likely N-dealkylation sites (tertiary alicyclic amines) is 1. The van der Waals surface area contributed by atoms with Crippen LogP contribution in [0, 0.1) is 0 Å². The number of piperidine rings is 1. The zero-order valence-electron chi connectivity index (χ0n) is 11.6. The molecule has 0 atom stereocenters. The van der Waals surface area contributed by atoms with Crippen molar-refractivity contribution in [2.24, 2.45) is 0 Å². The molecule has 19 heavy (non-hydrogen) atoms. The number of nitrogens with zero attached hydrogens (tertiary/aromatic N) is 1. The fraction of sp³-hybridized carbons (Fsp3) is 0.533. The van der Waals surface area contributed by atoms with Gasteiger partial charge in [-0.25, -0.2) is 4.79 Å². The Morgan fingerprint density at radius 2 is 1.74 bits per heavy atom. The van der Waals surface area contributed by atoms with Gasteiger partial charge in [0.1, 0.15) is 0 Å². The van der Waals surface area contributed by atoms with E-state index in [4.69, 9.17) is 11.6 Å². The van der Waals surface area contributed by atoms with Gasteiger partial charge in [-0.2, -0.15) is 0 Å². The minimum Gasteiger partial charge on any atom is -0.329 e. The topological polar surface area (TPSA) is 32.3 Å². The van der Waals surface area contributed by atoms with Gasteiger partial charge in [-0.05, 0) is 50.8 Å². The molecule has 4 heteroatoms. The van der Waals surface area contributed by atoms with E-state index in [0.717, 1.165) is 31.5 Å². The van der Waals surface area contributed by atoms with Gasteiger partial charge in [0.2, 0.25) is 0 Å². The third kappa shape index (κ3) is 3.63. The van der Waals surface area contributed by atoms with Crippen LogP contribution in [0.4, 0.5) is 4.79 Å². The molecule has 2 amide bonds. The molecule has 1 aliphatic heterocycles. The lowest BCUT2D eigenvalue weighted by atomic mass is 9.94. The molecule has 1 aromatic rings. The highest BCUT2D eigenvalue weighted by atomic mass is 35.5. The predicted molar refractivity (Wildman–Crippen MR) is 78.4 cm³/mol. The van der Waals surface area contributed by atoms with Crippen LogP contribution in [0.2, 0.25) is 5.02 Å². The quantitative estimate of drug-likeness (QED) is 0.879. The van der Waals surface area contributed by atoms with E-state index in [1.807, 2.05) is 43.0 Å². The number of hydrogen-bond acceptors (Lipinski definition) is 1. The summed E-state index contributed by atoms with van der Waals surface area (Å²) in [4.78, 5) is 14.1. The normalized spacial score (nSPS) is 16.3. The Balaban J connectivity index is 2.03. The summed E-state index contributed by atoms with van der Waals surface area (Å²) in [6, 6.07) is 7.65. The number of halogens is 1. The van der Waals surface area contributed by atoms with Crippen LogP contribution in [0.3, 0.4) is 0 Å². The van der Waals surface area contributed by atoms with Crippen LogP contribution >= 0.6 is 11.6 Å². The summed E-state index contributed by atoms with van der Waals surface area (Å²) < 4.78 is 0. The highest BCUT2D eigenvalue weighted by Gasteiger charge is 2.26. The molecule has 0 unspecified atom stereocenters. The van der Waals surface area contributed by atoms with Crippen LogP contribution in [0.5, 0.6) is 0 Å². The molecule has 0 bridgehead atoms. The fourth-order valence-electron chi connectivity index (χ4n) is 2.38. The minimum absolute atomic E-state index is 0.0275. The molecule has 1 aromatic carbocycles. The van der Waals surface area contributed by atoms with E-state index in [1.165, 1.54) is 6.42 Å². The zero-order chi connectivity index (χ0) is 13.9. The standard InChI is InChI=1S/C15H21ClN2O/c1-15(2,12-6-8-13(16)9-7-12)17-14(19)18-10-4-3-5-11-18/h6-9H,3-5,10-11H2,1-2H3,(H,17,19). The minimum atomic E-state index is -0.390. The number of carbonyl (C=O) groups is 1. The van der Waals surface area contributed by atoms with E-state index >= 15 is 0 Å². The number of carbonyl (C=O) groups excluding carboxylic acids is 1. The molecule has 0 spiro atoms. The van der Waals surface area contributed by atoms with Crippen molar-refractivity contribution in [2.75, 3.05) is 13.1 Å². The Morgan fingerprint density at radius 3 is 2.32 bits per heavy atom. The third-order valence-corrected chi connectivity index (χ3v) is 3.88. The van der Waals surface area contributed by atoms with Crippen molar-refractivity contribution in [3.05, 3.63) is 34.9 Å². The average Bonchev–Trinajstić information content (AvgIpc) is 2.40. The Hall–Kier alpha value is -1.22. The van der Waals surface area contributed by atoms with E-state index in [-0.39, 0.29) is 11.6 Å². The largest absolute Gasteiger partial charge is 0.329 e. The predicted octanol–water partition coefficient (Wildman–Crippen LogP) is 3.77. The number of hydrogen-bond donors (Lipinski definition) is 1. The second-order valence-corrected chi connectivity index (χ2v) is 6.05. The summed E-state index contributed by atoms with van der Waals surface area (Å²) in [7, 11) is 0. The van der Waals surface area contributed by atoms with Crippen LogP contribution < -0.4 is 5.32 Å². The molecule has 1 aliphatic rings. The second kappa shape index (κ2) is 5.83. The molecule has 1 fully saturated rings. The fourth-order valence-corrected chi connectivity index (χ4v) is 2.51. The summed E-state index contributed by atoms with van der Waals surface area (Å²) in [5.41, 5.74) is 0.668. The van der Waals surface area contributed by atoms with Crippen molar-refractivity contribution < 1.29 is 4.79 Å². The Morgan fingerprint density at radius 1 is 1.16 bits per heavy atom. The second-order valence-electron chi connectivity index (χ2n) is 5.61. The van der Waals surface area contributed by atoms with Gasteiger partial charge in [0.25, 0.3) is 0 Å². The van der Waals surface area contributed by atoms with E-state index in [0.29, 0.717) is 5.02 Å². The van der Waals surface area contributed by atoms with Gasteiger partial charge in [0.15, 0.2) is 0 Å². The molecular formula is C15H21ClN2O. The summed E-state index contributed by atoms with van der Waals surface area (Å²) in [6.07, 6.45) is 3.44. The molecule has 1 heterocycles. The van der Waals surface area contributed by atoms with Crippen LogP contribution in [-0.4, -0.2) is 24.0 Å². The van der Waals surface area contributed by atoms with Crippen LogP contribution in [0.25, 0.3) is 0 Å². The molecular weight excluding hydrogens is 260 g/mol. The Bertz CT molecular complexity index is 436. The summed E-state index contributed by atoms with van der Waals surface area (Å²) >= 11 is 5.89. The number of urea groups is 1. The molecule has 1 saturated heterocycles. The smallest absolute Gasteiger partial charge is 0.318 e. The number of benzene rings is 1. The lowest BCUT2D eigenvalue weighted by Crippen LogP contribution is -2.49. The van der Waals surface area contributed by atoms with Crippen molar-refractivity contribution in [3.8, 4) is 0 Å². The molecule has 0 radical (unpaired) electrons. The van der Waals surface area contributed by atoms with E-state index in [2.05, 4.69) is 5.32 Å². The van der Waals surface area contributed by atoms with E-state index in [9.17, 15) is 4.79 Å². The maximum atomic E-state index is 12.2. The molecule has 0 aliphatic carbocycles. The number of nitrogens with one attached hydrogen (secondary N) is 1. The number of rotatable bonds is 2. The van der Waals surface area contributed by atoms with Gasteiger partial charge in [-0.15, -0.1) is 0 Å². The average molecular weight is 281 g/mol. The number of amides is 2. The van der Waals surface area contributed by atoms with Gasteiger partial charge >= 0.3 is 6.03 Å². The summed E-state index contributed by atoms with van der Waals surface area (Å²) in [5, 5.41) is 3.82.